The molecule has 7 heteroatoms. The Balaban J connectivity index is 2.52. The summed E-state index contributed by atoms with van der Waals surface area (Å²) in [5, 5.41) is 4.22. The van der Waals surface area contributed by atoms with Crippen LogP contribution in [0.4, 0.5) is 5.69 Å². The van der Waals surface area contributed by atoms with Crippen molar-refractivity contribution in [3.63, 3.8) is 0 Å². The number of aromatic nitrogens is 5. The summed E-state index contributed by atoms with van der Waals surface area (Å²) in [4.78, 5) is 12.3. The second kappa shape index (κ2) is 4.36. The van der Waals surface area contributed by atoms with Crippen LogP contribution in [0.2, 0.25) is 0 Å². The van der Waals surface area contributed by atoms with E-state index in [-0.39, 0.29) is 0 Å². The molecule has 2 aromatic rings. The minimum absolute atomic E-state index is 0.363. The fourth-order valence-corrected chi connectivity index (χ4v) is 1.51. The normalized spacial score (nSPS) is 10.5. The van der Waals surface area contributed by atoms with Gasteiger partial charge in [0.15, 0.2) is 5.82 Å². The number of nitrogens with two attached hydrogens (primary N) is 1. The SMILES string of the molecule is CCOc1ncnc(-n2nc(C)nc2C)c1N. The highest BCUT2D eigenvalue weighted by molar-refractivity contribution is 5.59. The molecule has 0 unspecified atom stereocenters. The van der Waals surface area contributed by atoms with Gasteiger partial charge in [0.25, 0.3) is 0 Å². The third-order valence-corrected chi connectivity index (χ3v) is 2.18. The Bertz CT molecular complexity index is 536. The second-order valence-electron chi connectivity index (χ2n) is 3.47. The molecule has 0 radical (unpaired) electrons. The number of nitrogens with zero attached hydrogens (tertiary/aromatic N) is 5. The van der Waals surface area contributed by atoms with Crippen molar-refractivity contribution in [1.29, 1.82) is 0 Å². The molecule has 0 aliphatic rings. The van der Waals surface area contributed by atoms with Crippen molar-refractivity contribution in [3.8, 4) is 11.7 Å². The van der Waals surface area contributed by atoms with Crippen molar-refractivity contribution in [3.05, 3.63) is 18.0 Å². The van der Waals surface area contributed by atoms with Crippen molar-refractivity contribution in [2.75, 3.05) is 12.3 Å². The molecule has 0 fully saturated rings. The highest BCUT2D eigenvalue weighted by Crippen LogP contribution is 2.23. The Hall–Kier alpha value is -2.18. The van der Waals surface area contributed by atoms with Gasteiger partial charge in [0.1, 0.15) is 23.7 Å². The van der Waals surface area contributed by atoms with Gasteiger partial charge in [0, 0.05) is 0 Å². The summed E-state index contributed by atoms with van der Waals surface area (Å²) < 4.78 is 6.89. The van der Waals surface area contributed by atoms with E-state index in [1.54, 1.807) is 4.68 Å². The Morgan fingerprint density at radius 2 is 2.12 bits per heavy atom. The Morgan fingerprint density at radius 3 is 2.71 bits per heavy atom. The molecule has 0 amide bonds. The van der Waals surface area contributed by atoms with Gasteiger partial charge in [0.2, 0.25) is 5.88 Å². The fraction of sp³-hybridized carbons (Fsp3) is 0.400. The number of aryl methyl sites for hydroxylation is 2. The van der Waals surface area contributed by atoms with Crippen molar-refractivity contribution >= 4 is 5.69 Å². The largest absolute Gasteiger partial charge is 0.476 e. The van der Waals surface area contributed by atoms with Gasteiger partial charge in [-0.25, -0.2) is 9.97 Å². The summed E-state index contributed by atoms with van der Waals surface area (Å²) >= 11 is 0. The van der Waals surface area contributed by atoms with Crippen LogP contribution in [-0.4, -0.2) is 31.3 Å². The lowest BCUT2D eigenvalue weighted by Crippen LogP contribution is -2.09. The lowest BCUT2D eigenvalue weighted by atomic mass is 10.4. The quantitative estimate of drug-likeness (QED) is 0.838. The van der Waals surface area contributed by atoms with Crippen LogP contribution in [0.25, 0.3) is 5.82 Å². The molecule has 17 heavy (non-hydrogen) atoms. The van der Waals surface area contributed by atoms with Gasteiger partial charge in [-0.15, -0.1) is 5.10 Å². The van der Waals surface area contributed by atoms with Gasteiger partial charge in [-0.3, -0.25) is 0 Å². The second-order valence-corrected chi connectivity index (χ2v) is 3.47. The average Bonchev–Trinajstić information content (AvgIpc) is 2.61. The van der Waals surface area contributed by atoms with Crippen LogP contribution in [-0.2, 0) is 0 Å². The molecule has 0 bridgehead atoms. The molecule has 0 aromatic carbocycles. The van der Waals surface area contributed by atoms with Gasteiger partial charge in [-0.2, -0.15) is 9.67 Å². The topological polar surface area (TPSA) is 91.7 Å². The molecule has 0 saturated heterocycles. The van der Waals surface area contributed by atoms with Crippen LogP contribution >= 0.6 is 0 Å². The maximum atomic E-state index is 5.94. The highest BCUT2D eigenvalue weighted by Gasteiger charge is 2.14. The Labute approximate surface area is 98.7 Å². The number of hydrogen-bond acceptors (Lipinski definition) is 6. The fourth-order valence-electron chi connectivity index (χ4n) is 1.51. The zero-order chi connectivity index (χ0) is 12.4. The zero-order valence-electron chi connectivity index (χ0n) is 10.0. The van der Waals surface area contributed by atoms with E-state index in [2.05, 4.69) is 20.1 Å². The number of hydrogen-bond donors (Lipinski definition) is 1. The monoisotopic (exact) mass is 234 g/mol. The molecule has 2 N–H and O–H groups in total. The molecule has 0 spiro atoms. The number of anilines is 1. The van der Waals surface area contributed by atoms with Crippen LogP contribution in [0, 0.1) is 13.8 Å². The minimum Gasteiger partial charge on any atom is -0.476 e. The summed E-state index contributed by atoms with van der Waals surface area (Å²) in [6.07, 6.45) is 1.40. The van der Waals surface area contributed by atoms with E-state index in [1.807, 2.05) is 20.8 Å². The van der Waals surface area contributed by atoms with Crippen LogP contribution in [0.1, 0.15) is 18.6 Å². The first-order valence-corrected chi connectivity index (χ1v) is 5.27. The Morgan fingerprint density at radius 1 is 1.35 bits per heavy atom. The lowest BCUT2D eigenvalue weighted by Gasteiger charge is -2.09. The predicted molar refractivity (Wildman–Crippen MR) is 62.0 cm³/mol. The van der Waals surface area contributed by atoms with Gasteiger partial charge < -0.3 is 10.5 Å². The molecule has 2 heterocycles. The third-order valence-electron chi connectivity index (χ3n) is 2.18. The van der Waals surface area contributed by atoms with Crippen molar-refractivity contribution < 1.29 is 4.74 Å². The van der Waals surface area contributed by atoms with Crippen LogP contribution < -0.4 is 10.5 Å². The first-order chi connectivity index (χ1) is 8.13. The molecule has 90 valence electrons. The van der Waals surface area contributed by atoms with Gasteiger partial charge in [-0.05, 0) is 20.8 Å². The number of ether oxygens (including phenoxy) is 1. The summed E-state index contributed by atoms with van der Waals surface area (Å²) in [5.41, 5.74) is 6.30. The van der Waals surface area contributed by atoms with Gasteiger partial charge >= 0.3 is 0 Å². The van der Waals surface area contributed by atoms with Gasteiger partial charge in [0.05, 0.1) is 6.61 Å². The number of rotatable bonds is 3. The minimum atomic E-state index is 0.363. The molecule has 0 saturated carbocycles. The molecule has 0 atom stereocenters. The third kappa shape index (κ3) is 2.03. The van der Waals surface area contributed by atoms with E-state index in [9.17, 15) is 0 Å². The molecular formula is C10H14N6O. The summed E-state index contributed by atoms with van der Waals surface area (Å²) in [7, 11) is 0. The standard InChI is InChI=1S/C10H14N6O/c1-4-17-10-8(11)9(12-5-13-10)16-7(3)14-6(2)15-16/h5H,4,11H2,1-3H3. The maximum absolute atomic E-state index is 5.94. The predicted octanol–water partition coefficient (Wildman–Crippen LogP) is 0.655. The molecular weight excluding hydrogens is 220 g/mol. The maximum Gasteiger partial charge on any atom is 0.242 e. The molecule has 2 rings (SSSR count). The summed E-state index contributed by atoms with van der Waals surface area (Å²) in [6, 6.07) is 0. The lowest BCUT2D eigenvalue weighted by molar-refractivity contribution is 0.328. The molecule has 7 nitrogen and oxygen atoms in total. The summed E-state index contributed by atoms with van der Waals surface area (Å²) in [5.74, 6) is 2.24. The van der Waals surface area contributed by atoms with Crippen molar-refractivity contribution in [2.45, 2.75) is 20.8 Å². The summed E-state index contributed by atoms with van der Waals surface area (Å²) in [6.45, 7) is 6.01. The highest BCUT2D eigenvalue weighted by atomic mass is 16.5. The first kappa shape index (κ1) is 11.3. The zero-order valence-corrected chi connectivity index (χ0v) is 10.0. The number of nitrogen functional groups attached to an aromatic ring is 1. The smallest absolute Gasteiger partial charge is 0.242 e. The van der Waals surface area contributed by atoms with E-state index < -0.39 is 0 Å². The van der Waals surface area contributed by atoms with Crippen LogP contribution in [0.3, 0.4) is 0 Å². The Kier molecular flexibility index (Phi) is 2.90. The molecule has 0 aliphatic heterocycles. The van der Waals surface area contributed by atoms with E-state index >= 15 is 0 Å². The molecule has 2 aromatic heterocycles. The van der Waals surface area contributed by atoms with E-state index in [0.29, 0.717) is 29.8 Å². The van der Waals surface area contributed by atoms with Crippen molar-refractivity contribution in [1.82, 2.24) is 24.7 Å². The van der Waals surface area contributed by atoms with Crippen molar-refractivity contribution in [2.24, 2.45) is 0 Å². The average molecular weight is 234 g/mol. The van der Waals surface area contributed by atoms with E-state index in [1.165, 1.54) is 6.33 Å². The first-order valence-electron chi connectivity index (χ1n) is 5.27. The van der Waals surface area contributed by atoms with Crippen LogP contribution in [0.5, 0.6) is 5.88 Å². The molecule has 0 aliphatic carbocycles. The van der Waals surface area contributed by atoms with Crippen LogP contribution in [0.15, 0.2) is 6.33 Å². The van der Waals surface area contributed by atoms with E-state index in [0.717, 1.165) is 5.82 Å². The van der Waals surface area contributed by atoms with E-state index in [4.69, 9.17) is 10.5 Å². The van der Waals surface area contributed by atoms with Gasteiger partial charge in [-0.1, -0.05) is 0 Å².